The first kappa shape index (κ1) is 54.0. The van der Waals surface area contributed by atoms with Crippen molar-refractivity contribution in [2.24, 2.45) is 16.8 Å². The predicted octanol–water partition coefficient (Wildman–Crippen LogP) is 7.99. The van der Waals surface area contributed by atoms with Gasteiger partial charge in [-0.15, -0.1) is 0 Å². The summed E-state index contributed by atoms with van der Waals surface area (Å²) in [6, 6.07) is 5.66. The largest absolute Gasteiger partial charge is 0.453 e. The van der Waals surface area contributed by atoms with Gasteiger partial charge in [-0.1, -0.05) is 52.0 Å². The number of aliphatic imine (C=N–C) groups is 1. The van der Waals surface area contributed by atoms with Crippen molar-refractivity contribution in [2.45, 2.75) is 95.8 Å². The van der Waals surface area contributed by atoms with E-state index in [1.54, 1.807) is 35.8 Å². The van der Waals surface area contributed by atoms with Crippen molar-refractivity contribution in [3.8, 4) is 22.4 Å². The highest BCUT2D eigenvalue weighted by molar-refractivity contribution is 7.59. The van der Waals surface area contributed by atoms with Gasteiger partial charge in [-0.3, -0.25) is 14.6 Å². The average Bonchev–Trinajstić information content (AvgIpc) is 4.07. The molecule has 4 heterocycles. The molecule has 4 amide bonds. The average molecular weight is 972 g/mol. The second kappa shape index (κ2) is 21.3. The smallest absolute Gasteiger partial charge is 0.407 e. The molecule has 4 atom stereocenters. The van der Waals surface area contributed by atoms with Gasteiger partial charge in [0.25, 0.3) is 0 Å². The van der Waals surface area contributed by atoms with Gasteiger partial charge in [0.1, 0.15) is 17.9 Å². The maximum atomic E-state index is 16.2. The van der Waals surface area contributed by atoms with E-state index in [-0.39, 0.29) is 107 Å². The maximum absolute atomic E-state index is 16.2. The standard InChI is InChI=1S/C43H49F4N7O6.4H2S/c1-22(2)35(51-40(57)59-5)38(55)53-15-7-9-33(53)31-19-26(20-48-31)24-11-13-27-28-14-12-25(18-30(28)43(46,47)42(44,45)29(27)17-24)32-21-49-37(50-32)34-10-8-16-54(34)39(56)36(23(3)4)52-41(58)60-6;;;;/h11-14,17-18,20-23,33-36H,7-10,15-16,19H2,1-6H3,(H,49,50)(H,51,57)(H,52,58);4*1H2/t33?,34?,35-,36-;;;;/m0..../s1. The summed E-state index contributed by atoms with van der Waals surface area (Å²) in [5.41, 5.74) is 0.362. The summed E-state index contributed by atoms with van der Waals surface area (Å²) in [4.78, 5) is 66.6. The van der Waals surface area contributed by atoms with Crippen molar-refractivity contribution in [1.29, 1.82) is 0 Å². The van der Waals surface area contributed by atoms with E-state index in [4.69, 9.17) is 9.47 Å². The van der Waals surface area contributed by atoms with Crippen molar-refractivity contribution in [3.05, 3.63) is 71.3 Å². The van der Waals surface area contributed by atoms with Crippen LogP contribution < -0.4 is 10.6 Å². The summed E-state index contributed by atoms with van der Waals surface area (Å²) >= 11 is 0. The molecule has 0 bridgehead atoms. The normalized spacial score (nSPS) is 19.9. The van der Waals surface area contributed by atoms with Crippen LogP contribution >= 0.6 is 54.0 Å². The molecule has 1 aromatic heterocycles. The summed E-state index contributed by atoms with van der Waals surface area (Å²) in [6.07, 6.45) is 4.28. The van der Waals surface area contributed by atoms with Gasteiger partial charge in [0.15, 0.2) is 0 Å². The Morgan fingerprint density at radius 2 is 1.20 bits per heavy atom. The number of ether oxygens (including phenoxy) is 2. The van der Waals surface area contributed by atoms with Gasteiger partial charge in [0.2, 0.25) is 11.8 Å². The number of carbonyl (C=O) groups is 4. The zero-order valence-corrected chi connectivity index (χ0v) is 40.3. The number of aromatic nitrogens is 2. The number of fused-ring (bicyclic) bond motifs is 3. The molecule has 2 saturated heterocycles. The Morgan fingerprint density at radius 1 is 0.734 bits per heavy atom. The van der Waals surface area contributed by atoms with Gasteiger partial charge in [0.05, 0.1) is 38.2 Å². The number of halogens is 4. The highest BCUT2D eigenvalue weighted by Crippen LogP contribution is 2.58. The van der Waals surface area contributed by atoms with Crippen LogP contribution in [-0.2, 0) is 30.9 Å². The fourth-order valence-electron chi connectivity index (χ4n) is 8.71. The minimum Gasteiger partial charge on any atom is -0.453 e. The monoisotopic (exact) mass is 971 g/mol. The lowest BCUT2D eigenvalue weighted by Gasteiger charge is -2.35. The summed E-state index contributed by atoms with van der Waals surface area (Å²) in [5, 5.41) is 5.21. The van der Waals surface area contributed by atoms with Gasteiger partial charge < -0.3 is 34.9 Å². The molecule has 13 nitrogen and oxygen atoms in total. The Hall–Kier alpha value is -4.34. The van der Waals surface area contributed by atoms with E-state index in [2.05, 4.69) is 25.6 Å². The van der Waals surface area contributed by atoms with Crippen LogP contribution in [0.1, 0.15) is 88.4 Å². The number of allylic oxidation sites excluding steroid dienone is 1. The Morgan fingerprint density at radius 3 is 1.70 bits per heavy atom. The number of rotatable bonds is 10. The third-order valence-corrected chi connectivity index (χ3v) is 12.0. The number of methoxy groups -OCH3 is 2. The van der Waals surface area contributed by atoms with Gasteiger partial charge in [-0.05, 0) is 71.9 Å². The number of hydrogen-bond acceptors (Lipinski definition) is 8. The Bertz CT molecular complexity index is 2280. The fraction of sp³-hybridized carbons (Fsp3) is 0.488. The van der Waals surface area contributed by atoms with Crippen LogP contribution in [0.15, 0.2) is 53.8 Å². The maximum Gasteiger partial charge on any atom is 0.407 e. The number of nitrogens with one attached hydrogen (secondary N) is 3. The van der Waals surface area contributed by atoms with E-state index in [0.717, 1.165) is 12.1 Å². The van der Waals surface area contributed by atoms with E-state index in [1.165, 1.54) is 38.7 Å². The molecule has 3 N–H and O–H groups in total. The van der Waals surface area contributed by atoms with Crippen molar-refractivity contribution in [2.75, 3.05) is 27.3 Å². The van der Waals surface area contributed by atoms with Crippen LogP contribution in [0.5, 0.6) is 0 Å². The topological polar surface area (TPSA) is 158 Å². The molecule has 64 heavy (non-hydrogen) atoms. The number of benzene rings is 2. The molecule has 2 unspecified atom stereocenters. The number of imidazole rings is 1. The van der Waals surface area contributed by atoms with Crippen molar-refractivity contribution in [3.63, 3.8) is 0 Å². The number of hydrogen-bond donors (Lipinski definition) is 3. The van der Waals surface area contributed by atoms with Gasteiger partial charge >= 0.3 is 24.0 Å². The number of nitrogens with zero attached hydrogens (tertiary/aromatic N) is 4. The molecule has 0 spiro atoms. The quantitative estimate of drug-likeness (QED) is 0.174. The highest BCUT2D eigenvalue weighted by Gasteiger charge is 2.63. The summed E-state index contributed by atoms with van der Waals surface area (Å²) in [7, 11) is 2.43. The fourth-order valence-corrected chi connectivity index (χ4v) is 8.71. The van der Waals surface area contributed by atoms with Crippen LogP contribution in [0.4, 0.5) is 27.2 Å². The van der Waals surface area contributed by atoms with Gasteiger partial charge in [-0.25, -0.2) is 14.6 Å². The molecule has 3 aromatic rings. The van der Waals surface area contributed by atoms with Crippen molar-refractivity contribution >= 4 is 89.3 Å². The second-order valence-electron chi connectivity index (χ2n) is 16.4. The SMILES string of the molecule is COC(=O)N[C@H](C(=O)N1CCCC1C1=NC=C(c2ccc3c(c2)C(F)(F)C(F)(F)c2cc(-c4cnc(C5CCCN5C(=O)[C@@H](NC(=O)OC)C(C)C)[nH]4)ccc2-3)C1)C(C)C.S.S.S.S. The first-order valence-electron chi connectivity index (χ1n) is 20.1. The summed E-state index contributed by atoms with van der Waals surface area (Å²) < 4.78 is 74.0. The van der Waals surface area contributed by atoms with Crippen LogP contribution in [0, 0.1) is 11.8 Å². The molecule has 352 valence electrons. The zero-order valence-electron chi connectivity index (χ0n) is 36.3. The highest BCUT2D eigenvalue weighted by atomic mass is 32.1. The molecule has 0 saturated carbocycles. The molecule has 2 aromatic carbocycles. The summed E-state index contributed by atoms with van der Waals surface area (Å²) in [6.45, 7) is 8.08. The lowest BCUT2D eigenvalue weighted by molar-refractivity contribution is -0.225. The first-order valence-corrected chi connectivity index (χ1v) is 20.1. The molecule has 1 aliphatic carbocycles. The molecular weight excluding hydrogens is 915 g/mol. The van der Waals surface area contributed by atoms with Gasteiger partial charge in [-0.2, -0.15) is 71.5 Å². The van der Waals surface area contributed by atoms with E-state index >= 15 is 17.6 Å². The van der Waals surface area contributed by atoms with Gasteiger partial charge in [0, 0.05) is 48.1 Å². The number of alkyl carbamates (subject to hydrolysis) is 2. The molecule has 3 aliphatic heterocycles. The number of alkyl halides is 4. The summed E-state index contributed by atoms with van der Waals surface area (Å²) in [5.74, 6) is -9.82. The van der Waals surface area contributed by atoms with Crippen LogP contribution in [0.25, 0.3) is 28.0 Å². The number of likely N-dealkylation sites (tertiary alicyclic amines) is 2. The van der Waals surface area contributed by atoms with E-state index in [9.17, 15) is 19.2 Å². The minimum absolute atomic E-state index is 0. The minimum atomic E-state index is -4.58. The predicted molar refractivity (Wildman–Crippen MR) is 256 cm³/mol. The van der Waals surface area contributed by atoms with Crippen LogP contribution in [0.3, 0.4) is 0 Å². The molecule has 2 fully saturated rings. The molecule has 21 heteroatoms. The first-order chi connectivity index (χ1) is 28.5. The van der Waals surface area contributed by atoms with Crippen LogP contribution in [0.2, 0.25) is 0 Å². The zero-order chi connectivity index (χ0) is 43.3. The number of aromatic amines is 1. The second-order valence-corrected chi connectivity index (χ2v) is 16.4. The Kier molecular flexibility index (Phi) is 18.0. The number of carbonyl (C=O) groups excluding carboxylic acids is 4. The Balaban J connectivity index is 0.00000272. The van der Waals surface area contributed by atoms with E-state index in [0.29, 0.717) is 67.1 Å². The third-order valence-electron chi connectivity index (χ3n) is 12.0. The number of H-pyrrole nitrogens is 1. The van der Waals surface area contributed by atoms with E-state index < -0.39 is 53.3 Å². The molecule has 0 radical (unpaired) electrons. The van der Waals surface area contributed by atoms with E-state index in [1.807, 2.05) is 13.8 Å². The molecule has 7 rings (SSSR count). The molecule has 4 aliphatic rings. The lowest BCUT2D eigenvalue weighted by Crippen LogP contribution is -2.53. The van der Waals surface area contributed by atoms with Crippen molar-refractivity contribution < 1.29 is 46.2 Å². The third kappa shape index (κ3) is 9.91. The van der Waals surface area contributed by atoms with Crippen molar-refractivity contribution in [1.82, 2.24) is 30.4 Å². The van der Waals surface area contributed by atoms with Crippen LogP contribution in [-0.4, -0.2) is 94.9 Å². The number of amides is 4. The Labute approximate surface area is 397 Å². The lowest BCUT2D eigenvalue weighted by atomic mass is 9.78. The molecular formula is C43H57F4N7O6S4.